The molecule has 0 atom stereocenters. The number of nitrogens with zero attached hydrogens (tertiary/aromatic N) is 1. The molecular weight excluding hydrogens is 342 g/mol. The van der Waals surface area contributed by atoms with Crippen LogP contribution in [0.15, 0.2) is 76.2 Å². The maximum atomic E-state index is 13.1. The number of pyridine rings is 1. The second-order valence-corrected chi connectivity index (χ2v) is 6.21. The smallest absolute Gasteiger partial charge is 0.261 e. The number of fused-ring (bicyclic) bond motifs is 3. The van der Waals surface area contributed by atoms with Crippen molar-refractivity contribution in [1.82, 2.24) is 4.98 Å². The Morgan fingerprint density at radius 2 is 1.67 bits per heavy atom. The average Bonchev–Trinajstić information content (AvgIpc) is 2.82. The predicted octanol–water partition coefficient (Wildman–Crippen LogP) is 4.12. The van der Waals surface area contributed by atoms with Crippen LogP contribution in [0.3, 0.4) is 0 Å². The molecule has 3 heterocycles. The largest absolute Gasteiger partial charge is 0.439 e. The molecule has 0 radical (unpaired) electrons. The van der Waals surface area contributed by atoms with Crippen molar-refractivity contribution in [1.29, 1.82) is 0 Å². The normalized spacial score (nSPS) is 12.5. The first-order valence-corrected chi connectivity index (χ1v) is 8.39. The first kappa shape index (κ1) is 15.3. The lowest BCUT2D eigenvalue weighted by molar-refractivity contribution is 0.102. The number of nitrogens with one attached hydrogen (secondary N) is 2. The van der Waals surface area contributed by atoms with E-state index in [0.29, 0.717) is 33.8 Å². The molecule has 0 fully saturated rings. The molecule has 1 amide bonds. The second kappa shape index (κ2) is 5.81. The Balaban J connectivity index is 1.88. The SMILES string of the molecule is O=C1Nc2ccccc2Nc2oc3cc(=O)ccc-3c(-c3cccnc3)c21. The molecule has 1 aromatic heterocycles. The Morgan fingerprint density at radius 3 is 2.44 bits per heavy atom. The van der Waals surface area contributed by atoms with Crippen LogP contribution in [-0.4, -0.2) is 10.9 Å². The molecule has 6 nitrogen and oxygen atoms in total. The number of carbonyl (C=O) groups is 1. The third-order valence-corrected chi connectivity index (χ3v) is 4.51. The monoisotopic (exact) mass is 355 g/mol. The minimum absolute atomic E-state index is 0.165. The fourth-order valence-corrected chi connectivity index (χ4v) is 3.33. The predicted molar refractivity (Wildman–Crippen MR) is 103 cm³/mol. The highest BCUT2D eigenvalue weighted by Crippen LogP contribution is 2.43. The Morgan fingerprint density at radius 1 is 0.852 bits per heavy atom. The summed E-state index contributed by atoms with van der Waals surface area (Å²) >= 11 is 0. The van der Waals surface area contributed by atoms with E-state index >= 15 is 0 Å². The lowest BCUT2D eigenvalue weighted by Crippen LogP contribution is -2.14. The quantitative estimate of drug-likeness (QED) is 0.537. The van der Waals surface area contributed by atoms with Gasteiger partial charge in [-0.1, -0.05) is 18.2 Å². The summed E-state index contributed by atoms with van der Waals surface area (Å²) in [6, 6.07) is 15.6. The zero-order chi connectivity index (χ0) is 18.4. The van der Waals surface area contributed by atoms with Crippen molar-refractivity contribution in [2.24, 2.45) is 0 Å². The molecule has 0 bridgehead atoms. The van der Waals surface area contributed by atoms with E-state index in [-0.39, 0.29) is 17.2 Å². The molecule has 27 heavy (non-hydrogen) atoms. The Bertz CT molecular complexity index is 1210. The number of amides is 1. The highest BCUT2D eigenvalue weighted by Gasteiger charge is 2.29. The molecule has 0 unspecified atom stereocenters. The molecular formula is C21H13N3O3. The van der Waals surface area contributed by atoms with E-state index < -0.39 is 0 Å². The van der Waals surface area contributed by atoms with Crippen LogP contribution in [0.5, 0.6) is 0 Å². The van der Waals surface area contributed by atoms with Crippen molar-refractivity contribution >= 4 is 23.2 Å². The Hall–Kier alpha value is -3.93. The summed E-state index contributed by atoms with van der Waals surface area (Å²) in [5, 5.41) is 6.10. The fourth-order valence-electron chi connectivity index (χ4n) is 3.33. The third kappa shape index (κ3) is 2.46. The molecule has 1 aromatic carbocycles. The Kier molecular flexibility index (Phi) is 3.30. The van der Waals surface area contributed by atoms with Gasteiger partial charge in [0, 0.05) is 35.2 Å². The highest BCUT2D eigenvalue weighted by atomic mass is 16.4. The van der Waals surface area contributed by atoms with Crippen molar-refractivity contribution in [2.75, 3.05) is 10.6 Å². The summed E-state index contributed by atoms with van der Waals surface area (Å²) < 4.78 is 5.94. The van der Waals surface area contributed by atoms with Crippen molar-refractivity contribution < 1.29 is 9.21 Å². The lowest BCUT2D eigenvalue weighted by atomic mass is 9.93. The summed E-state index contributed by atoms with van der Waals surface area (Å²) in [6.07, 6.45) is 3.35. The van der Waals surface area contributed by atoms with E-state index in [1.807, 2.05) is 30.3 Å². The van der Waals surface area contributed by atoms with Crippen LogP contribution in [0.25, 0.3) is 22.5 Å². The molecule has 0 spiro atoms. The molecule has 0 saturated carbocycles. The molecule has 2 aliphatic heterocycles. The van der Waals surface area contributed by atoms with Gasteiger partial charge in [0.1, 0.15) is 11.3 Å². The van der Waals surface area contributed by atoms with Gasteiger partial charge in [-0.05, 0) is 30.3 Å². The first-order valence-electron chi connectivity index (χ1n) is 8.39. The van der Waals surface area contributed by atoms with E-state index in [0.717, 1.165) is 5.56 Å². The standard InChI is InChI=1S/C21H13N3O3/c25-13-7-8-14-17(10-13)27-21-19(18(14)12-4-3-9-22-11-12)20(26)23-15-5-1-2-6-16(15)24-21/h1-11,24H,(H,23,26). The van der Waals surface area contributed by atoms with Crippen molar-refractivity contribution in [2.45, 2.75) is 0 Å². The summed E-state index contributed by atoms with van der Waals surface area (Å²) in [5.74, 6) is 0.396. The summed E-state index contributed by atoms with van der Waals surface area (Å²) in [6.45, 7) is 0. The van der Waals surface area contributed by atoms with Gasteiger partial charge in [0.15, 0.2) is 5.43 Å². The van der Waals surface area contributed by atoms with Gasteiger partial charge in [-0.2, -0.15) is 0 Å². The minimum Gasteiger partial charge on any atom is -0.439 e. The zero-order valence-electron chi connectivity index (χ0n) is 14.0. The number of carbonyl (C=O) groups excluding carboxylic acids is 1. The van der Waals surface area contributed by atoms with Crippen LogP contribution >= 0.6 is 0 Å². The number of benzene rings is 2. The highest BCUT2D eigenvalue weighted by molar-refractivity contribution is 6.16. The fraction of sp³-hybridized carbons (Fsp3) is 0. The van der Waals surface area contributed by atoms with E-state index in [1.165, 1.54) is 12.1 Å². The average molecular weight is 355 g/mol. The second-order valence-electron chi connectivity index (χ2n) is 6.21. The van der Waals surface area contributed by atoms with Gasteiger partial charge in [0.05, 0.1) is 11.4 Å². The number of para-hydroxylation sites is 2. The van der Waals surface area contributed by atoms with Gasteiger partial charge in [0.2, 0.25) is 5.88 Å². The molecule has 0 saturated heterocycles. The molecule has 3 aliphatic rings. The van der Waals surface area contributed by atoms with Gasteiger partial charge in [0.25, 0.3) is 5.91 Å². The van der Waals surface area contributed by atoms with E-state index in [4.69, 9.17) is 4.42 Å². The molecule has 2 N–H and O–H groups in total. The number of rotatable bonds is 1. The zero-order valence-corrected chi connectivity index (χ0v) is 14.0. The summed E-state index contributed by atoms with van der Waals surface area (Å²) in [4.78, 5) is 29.1. The number of aromatic nitrogens is 1. The van der Waals surface area contributed by atoms with Crippen LogP contribution in [0.2, 0.25) is 0 Å². The molecule has 130 valence electrons. The maximum absolute atomic E-state index is 13.1. The lowest BCUT2D eigenvalue weighted by Gasteiger charge is -2.17. The van der Waals surface area contributed by atoms with Crippen LogP contribution in [-0.2, 0) is 0 Å². The number of hydrogen-bond donors (Lipinski definition) is 2. The third-order valence-electron chi connectivity index (χ3n) is 4.51. The van der Waals surface area contributed by atoms with E-state index in [1.54, 1.807) is 24.5 Å². The Labute approximate surface area is 153 Å². The van der Waals surface area contributed by atoms with Crippen LogP contribution < -0.4 is 16.1 Å². The van der Waals surface area contributed by atoms with Crippen molar-refractivity contribution in [3.8, 4) is 22.5 Å². The molecule has 2 aromatic rings. The van der Waals surface area contributed by atoms with Gasteiger partial charge < -0.3 is 15.1 Å². The minimum atomic E-state index is -0.293. The van der Waals surface area contributed by atoms with Crippen molar-refractivity contribution in [3.63, 3.8) is 0 Å². The topological polar surface area (TPSA) is 84.2 Å². The molecule has 5 rings (SSSR count). The van der Waals surface area contributed by atoms with Gasteiger partial charge in [-0.25, -0.2) is 0 Å². The maximum Gasteiger partial charge on any atom is 0.261 e. The van der Waals surface area contributed by atoms with Crippen molar-refractivity contribution in [3.05, 3.63) is 82.8 Å². The van der Waals surface area contributed by atoms with Crippen LogP contribution in [0, 0.1) is 0 Å². The number of anilines is 3. The van der Waals surface area contributed by atoms with E-state index in [9.17, 15) is 9.59 Å². The van der Waals surface area contributed by atoms with Gasteiger partial charge >= 0.3 is 0 Å². The first-order chi connectivity index (χ1) is 13.2. The molecule has 1 aliphatic carbocycles. The van der Waals surface area contributed by atoms with Crippen LogP contribution in [0.1, 0.15) is 10.4 Å². The van der Waals surface area contributed by atoms with Crippen LogP contribution in [0.4, 0.5) is 17.3 Å². The van der Waals surface area contributed by atoms with Gasteiger partial charge in [-0.15, -0.1) is 0 Å². The van der Waals surface area contributed by atoms with E-state index in [2.05, 4.69) is 15.6 Å². The summed E-state index contributed by atoms with van der Waals surface area (Å²) in [7, 11) is 0. The molecule has 6 heteroatoms. The number of hydrogen-bond acceptors (Lipinski definition) is 5. The summed E-state index contributed by atoms with van der Waals surface area (Å²) in [5.41, 5.74) is 3.66. The van der Waals surface area contributed by atoms with Gasteiger partial charge in [-0.3, -0.25) is 14.6 Å².